The van der Waals surface area contributed by atoms with Crippen molar-refractivity contribution in [3.8, 4) is 5.75 Å². The highest BCUT2D eigenvalue weighted by molar-refractivity contribution is 9.10. The Morgan fingerprint density at radius 3 is 2.51 bits per heavy atom. The average Bonchev–Trinajstić information content (AvgIpc) is 3.16. The zero-order valence-electron chi connectivity index (χ0n) is 21.4. The number of nitrogens with one attached hydrogen (secondary N) is 2. The lowest BCUT2D eigenvalue weighted by atomic mass is 9.59. The Balaban J connectivity index is 1.58. The van der Waals surface area contributed by atoms with Gasteiger partial charge in [0.2, 0.25) is 11.8 Å². The lowest BCUT2D eigenvalue weighted by Gasteiger charge is -2.47. The molecule has 2 amide bonds. The Hall–Kier alpha value is -2.58. The van der Waals surface area contributed by atoms with Crippen LogP contribution in [0.4, 0.5) is 5.69 Å². The third-order valence-electron chi connectivity index (χ3n) is 8.13. The molecule has 3 heterocycles. The second-order valence-corrected chi connectivity index (χ2v) is 12.8. The Morgan fingerprint density at radius 1 is 1.03 bits per heavy atom. The number of hydrogen-bond acceptors (Lipinski definition) is 4. The molecule has 3 atom stereocenters. The molecule has 3 aromatic carbocycles. The summed E-state index contributed by atoms with van der Waals surface area (Å²) in [6, 6.07) is 16.1. The third kappa shape index (κ3) is 4.44. The van der Waals surface area contributed by atoms with Gasteiger partial charge in [0.1, 0.15) is 11.2 Å². The van der Waals surface area contributed by atoms with E-state index in [0.29, 0.717) is 41.3 Å². The van der Waals surface area contributed by atoms with Crippen LogP contribution in [0, 0.1) is 12.3 Å². The van der Waals surface area contributed by atoms with Crippen LogP contribution in [0.2, 0.25) is 10.0 Å². The van der Waals surface area contributed by atoms with Crippen LogP contribution in [0.1, 0.15) is 47.6 Å². The third-order valence-corrected chi connectivity index (χ3v) is 9.09. The minimum Gasteiger partial charge on any atom is -0.493 e. The Kier molecular flexibility index (Phi) is 6.70. The van der Waals surface area contributed by atoms with Crippen LogP contribution in [0.15, 0.2) is 59.1 Å². The van der Waals surface area contributed by atoms with Crippen LogP contribution < -0.4 is 15.4 Å². The van der Waals surface area contributed by atoms with Crippen LogP contribution in [0.5, 0.6) is 5.75 Å². The first kappa shape index (κ1) is 26.6. The van der Waals surface area contributed by atoms with Gasteiger partial charge in [0.25, 0.3) is 0 Å². The maximum absolute atomic E-state index is 14.4. The minimum absolute atomic E-state index is 0.0828. The highest BCUT2D eigenvalue weighted by Crippen LogP contribution is 2.59. The van der Waals surface area contributed by atoms with Gasteiger partial charge in [-0.1, -0.05) is 58.2 Å². The summed E-state index contributed by atoms with van der Waals surface area (Å²) in [5.41, 5.74) is 2.63. The molecule has 1 spiro atoms. The second-order valence-electron chi connectivity index (χ2n) is 11.0. The normalized spacial score (nSPS) is 25.1. The number of rotatable bonds is 5. The number of anilines is 1. The zero-order valence-corrected chi connectivity index (χ0v) is 24.5. The van der Waals surface area contributed by atoms with Crippen LogP contribution in [0.3, 0.4) is 0 Å². The van der Waals surface area contributed by atoms with E-state index in [1.54, 1.807) is 12.1 Å². The van der Waals surface area contributed by atoms with Crippen molar-refractivity contribution in [3.63, 3.8) is 0 Å². The summed E-state index contributed by atoms with van der Waals surface area (Å²) in [5, 5.41) is 7.29. The topological polar surface area (TPSA) is 76.7 Å². The molecule has 2 fully saturated rings. The molecule has 3 aliphatic rings. The van der Waals surface area contributed by atoms with Crippen LogP contribution >= 0.6 is 39.1 Å². The van der Waals surface area contributed by atoms with Crippen molar-refractivity contribution in [2.45, 2.75) is 37.6 Å². The Morgan fingerprint density at radius 2 is 1.77 bits per heavy atom. The summed E-state index contributed by atoms with van der Waals surface area (Å²) in [7, 11) is 0. The minimum atomic E-state index is -1.19. The number of amides is 2. The van der Waals surface area contributed by atoms with Crippen molar-refractivity contribution in [2.24, 2.45) is 5.41 Å². The number of piperidine rings is 1. The molecule has 202 valence electrons. The number of fused-ring (bicyclic) bond motifs is 2. The van der Waals surface area contributed by atoms with Gasteiger partial charge in [-0.2, -0.15) is 0 Å². The monoisotopic (exact) mass is 628 g/mol. The standard InChI is InChI=1S/C30H27BrCl2N2O4/c1-16-3-5-18(32)10-20(16)27-30(22-7-6-19(33)11-24(22)34-28(30)37)23(12-26(36)35-27)21-9-17(31)4-8-25(21)39-15-29(2)13-38-14-29/h3-11,23,27H,12-15H2,1-2H3,(H,34,37)(H,35,36)/t23-,27+,30?/m1/s1. The summed E-state index contributed by atoms with van der Waals surface area (Å²) in [4.78, 5) is 27.8. The van der Waals surface area contributed by atoms with Gasteiger partial charge in [-0.25, -0.2) is 0 Å². The average molecular weight is 630 g/mol. The van der Waals surface area contributed by atoms with Crippen molar-refractivity contribution < 1.29 is 19.1 Å². The largest absolute Gasteiger partial charge is 0.493 e. The first-order chi connectivity index (χ1) is 18.6. The number of carbonyl (C=O) groups is 2. The first-order valence-electron chi connectivity index (χ1n) is 12.8. The number of aryl methyl sites for hydroxylation is 1. The number of halogens is 3. The molecule has 0 saturated carbocycles. The maximum Gasteiger partial charge on any atom is 0.238 e. The van der Waals surface area contributed by atoms with Crippen molar-refractivity contribution in [1.82, 2.24) is 5.32 Å². The fourth-order valence-corrected chi connectivity index (χ4v) is 6.88. The molecule has 3 aromatic rings. The van der Waals surface area contributed by atoms with E-state index < -0.39 is 17.4 Å². The highest BCUT2D eigenvalue weighted by atomic mass is 79.9. The fourth-order valence-electron chi connectivity index (χ4n) is 6.15. The molecule has 6 nitrogen and oxygen atoms in total. The highest BCUT2D eigenvalue weighted by Gasteiger charge is 2.62. The number of ether oxygens (including phenoxy) is 2. The summed E-state index contributed by atoms with van der Waals surface area (Å²) >= 11 is 16.4. The van der Waals surface area contributed by atoms with Gasteiger partial charge in [-0.3, -0.25) is 9.59 Å². The van der Waals surface area contributed by atoms with Crippen molar-refractivity contribution in [2.75, 3.05) is 25.1 Å². The molecule has 0 bridgehead atoms. The molecule has 39 heavy (non-hydrogen) atoms. The predicted molar refractivity (Wildman–Crippen MR) is 155 cm³/mol. The molecule has 0 aliphatic carbocycles. The molecule has 9 heteroatoms. The number of hydrogen-bond donors (Lipinski definition) is 2. The van der Waals surface area contributed by atoms with E-state index in [1.807, 2.05) is 49.4 Å². The van der Waals surface area contributed by atoms with E-state index in [-0.39, 0.29) is 23.7 Å². The molecule has 0 aromatic heterocycles. The molecule has 2 saturated heterocycles. The number of benzene rings is 3. The second kappa shape index (κ2) is 9.81. The lowest BCUT2D eigenvalue weighted by Crippen LogP contribution is -2.57. The molecular formula is C30H27BrCl2N2O4. The predicted octanol–water partition coefficient (Wildman–Crippen LogP) is 6.71. The van der Waals surface area contributed by atoms with E-state index in [1.165, 1.54) is 0 Å². The maximum atomic E-state index is 14.4. The van der Waals surface area contributed by atoms with Crippen LogP contribution in [-0.4, -0.2) is 31.6 Å². The van der Waals surface area contributed by atoms with E-state index >= 15 is 0 Å². The molecular weight excluding hydrogens is 603 g/mol. The summed E-state index contributed by atoms with van der Waals surface area (Å²) in [5.74, 6) is -0.271. The van der Waals surface area contributed by atoms with E-state index in [4.69, 9.17) is 32.7 Å². The SMILES string of the molecule is Cc1ccc(Cl)cc1[C@@H]1NC(=O)C[C@H](c2cc(Br)ccc2OCC2(C)COC2)C12C(=O)Nc1cc(Cl)ccc12. The summed E-state index contributed by atoms with van der Waals surface area (Å²) in [6.07, 6.45) is 0.0960. The smallest absolute Gasteiger partial charge is 0.238 e. The number of carbonyl (C=O) groups excluding carboxylic acids is 2. The Bertz CT molecular complexity index is 1510. The van der Waals surface area contributed by atoms with Crippen molar-refractivity contribution >= 4 is 56.6 Å². The lowest BCUT2D eigenvalue weighted by molar-refractivity contribution is -0.131. The van der Waals surface area contributed by atoms with Crippen molar-refractivity contribution in [1.29, 1.82) is 0 Å². The van der Waals surface area contributed by atoms with Gasteiger partial charge in [-0.05, 0) is 66.1 Å². The van der Waals surface area contributed by atoms with Gasteiger partial charge in [0.15, 0.2) is 0 Å². The van der Waals surface area contributed by atoms with Crippen LogP contribution in [-0.2, 0) is 19.7 Å². The molecule has 0 radical (unpaired) electrons. The molecule has 2 N–H and O–H groups in total. The van der Waals surface area contributed by atoms with Gasteiger partial charge in [0.05, 0.1) is 25.9 Å². The van der Waals surface area contributed by atoms with E-state index in [9.17, 15) is 9.59 Å². The van der Waals surface area contributed by atoms with Gasteiger partial charge < -0.3 is 20.1 Å². The van der Waals surface area contributed by atoms with Crippen molar-refractivity contribution in [3.05, 3.63) is 91.4 Å². The molecule has 1 unspecified atom stereocenters. The van der Waals surface area contributed by atoms with E-state index in [2.05, 4.69) is 33.5 Å². The zero-order chi connectivity index (χ0) is 27.5. The van der Waals surface area contributed by atoms with Gasteiger partial charge in [0, 0.05) is 43.5 Å². The van der Waals surface area contributed by atoms with Gasteiger partial charge >= 0.3 is 0 Å². The fraction of sp³-hybridized carbons (Fsp3) is 0.333. The van der Waals surface area contributed by atoms with E-state index in [0.717, 1.165) is 26.7 Å². The molecule has 3 aliphatic heterocycles. The Labute approximate surface area is 245 Å². The summed E-state index contributed by atoms with van der Waals surface area (Å²) < 4.78 is 12.7. The quantitative estimate of drug-likeness (QED) is 0.329. The van der Waals surface area contributed by atoms with Gasteiger partial charge in [-0.15, -0.1) is 0 Å². The first-order valence-corrected chi connectivity index (χ1v) is 14.3. The summed E-state index contributed by atoms with van der Waals surface area (Å²) in [6.45, 7) is 5.79. The molecule has 6 rings (SSSR count). The van der Waals surface area contributed by atoms with Crippen LogP contribution in [0.25, 0.3) is 0 Å².